The molecule has 2 aromatic carbocycles. The second kappa shape index (κ2) is 7.72. The van der Waals surface area contributed by atoms with Gasteiger partial charge in [-0.05, 0) is 48.7 Å². The summed E-state index contributed by atoms with van der Waals surface area (Å²) in [5, 5.41) is 3.24. The minimum Gasteiger partial charge on any atom is -0.350 e. The molecule has 1 N–H and O–H groups in total. The Labute approximate surface area is 169 Å². The molecular weight excluding hydrogens is 362 g/mol. The molecule has 0 saturated carbocycles. The molecular formula is C24H21N3O2. The molecule has 1 aromatic heterocycles. The number of aryl methyl sites for hydroxylation is 2. The number of hydrogen-bond donors (Lipinski definition) is 1. The van der Waals surface area contributed by atoms with E-state index in [-0.39, 0.29) is 18.4 Å². The number of pyridine rings is 1. The van der Waals surface area contributed by atoms with E-state index in [1.807, 2.05) is 68.4 Å². The average molecular weight is 383 g/mol. The molecule has 144 valence electrons. The first-order valence-corrected chi connectivity index (χ1v) is 9.44. The van der Waals surface area contributed by atoms with Gasteiger partial charge in [-0.3, -0.25) is 19.5 Å². The maximum absolute atomic E-state index is 13.3. The SMILES string of the molecule is Cc1ccc(C)c(NC2=C(c3ccccc3)C(=O)N(Cc3ccccn3)C2=O)c1. The van der Waals surface area contributed by atoms with Gasteiger partial charge in [0.2, 0.25) is 0 Å². The normalized spacial score (nSPS) is 13.9. The lowest BCUT2D eigenvalue weighted by molar-refractivity contribution is -0.137. The van der Waals surface area contributed by atoms with Gasteiger partial charge in [0.1, 0.15) is 5.70 Å². The van der Waals surface area contributed by atoms with Gasteiger partial charge < -0.3 is 5.32 Å². The molecule has 5 nitrogen and oxygen atoms in total. The summed E-state index contributed by atoms with van der Waals surface area (Å²) in [5.74, 6) is -0.667. The van der Waals surface area contributed by atoms with Crippen LogP contribution in [0.4, 0.5) is 5.69 Å². The van der Waals surface area contributed by atoms with Crippen molar-refractivity contribution < 1.29 is 9.59 Å². The van der Waals surface area contributed by atoms with Crippen molar-refractivity contribution >= 4 is 23.1 Å². The number of amides is 2. The molecule has 1 aliphatic rings. The minimum absolute atomic E-state index is 0.132. The van der Waals surface area contributed by atoms with E-state index in [1.165, 1.54) is 4.90 Å². The van der Waals surface area contributed by atoms with Crippen molar-refractivity contribution in [2.24, 2.45) is 0 Å². The Kier molecular flexibility index (Phi) is 4.96. The molecule has 0 atom stereocenters. The number of rotatable bonds is 5. The summed E-state index contributed by atoms with van der Waals surface area (Å²) in [6.45, 7) is 4.09. The molecule has 0 unspecified atom stereocenters. The average Bonchev–Trinajstić information content (AvgIpc) is 2.96. The fraction of sp³-hybridized carbons (Fsp3) is 0.125. The Morgan fingerprint density at radius 2 is 1.66 bits per heavy atom. The van der Waals surface area contributed by atoms with Crippen molar-refractivity contribution in [2.75, 3.05) is 5.32 Å². The molecule has 2 heterocycles. The third-order valence-electron chi connectivity index (χ3n) is 4.93. The first kappa shape index (κ1) is 18.6. The summed E-state index contributed by atoms with van der Waals surface area (Å²) in [4.78, 5) is 32.0. The monoisotopic (exact) mass is 383 g/mol. The van der Waals surface area contributed by atoms with E-state index in [1.54, 1.807) is 18.3 Å². The second-order valence-electron chi connectivity index (χ2n) is 7.08. The van der Waals surface area contributed by atoms with Crippen LogP contribution in [0.25, 0.3) is 5.57 Å². The van der Waals surface area contributed by atoms with Gasteiger partial charge in [-0.2, -0.15) is 0 Å². The maximum atomic E-state index is 13.3. The van der Waals surface area contributed by atoms with Gasteiger partial charge in [-0.25, -0.2) is 0 Å². The summed E-state index contributed by atoms with van der Waals surface area (Å²) in [6, 6.07) is 20.7. The van der Waals surface area contributed by atoms with Crippen LogP contribution in [0.3, 0.4) is 0 Å². The highest BCUT2D eigenvalue weighted by Gasteiger charge is 2.39. The van der Waals surface area contributed by atoms with Gasteiger partial charge in [0.25, 0.3) is 11.8 Å². The predicted octanol–water partition coefficient (Wildman–Crippen LogP) is 4.09. The van der Waals surface area contributed by atoms with Gasteiger partial charge in [0, 0.05) is 11.9 Å². The molecule has 0 fully saturated rings. The minimum atomic E-state index is -0.347. The molecule has 2 amide bonds. The topological polar surface area (TPSA) is 62.3 Å². The molecule has 0 spiro atoms. The fourth-order valence-electron chi connectivity index (χ4n) is 3.37. The predicted molar refractivity (Wildman–Crippen MR) is 113 cm³/mol. The van der Waals surface area contributed by atoms with Crippen molar-refractivity contribution in [1.82, 2.24) is 9.88 Å². The number of carbonyl (C=O) groups excluding carboxylic acids is 2. The van der Waals surface area contributed by atoms with E-state index < -0.39 is 0 Å². The largest absolute Gasteiger partial charge is 0.350 e. The van der Waals surface area contributed by atoms with Crippen LogP contribution >= 0.6 is 0 Å². The lowest BCUT2D eigenvalue weighted by Crippen LogP contribution is -2.32. The van der Waals surface area contributed by atoms with E-state index in [9.17, 15) is 9.59 Å². The number of aromatic nitrogens is 1. The number of benzene rings is 2. The third-order valence-corrected chi connectivity index (χ3v) is 4.93. The highest BCUT2D eigenvalue weighted by molar-refractivity contribution is 6.36. The van der Waals surface area contributed by atoms with Crippen LogP contribution in [0.1, 0.15) is 22.4 Å². The number of hydrogen-bond acceptors (Lipinski definition) is 4. The van der Waals surface area contributed by atoms with E-state index in [0.717, 1.165) is 16.8 Å². The summed E-state index contributed by atoms with van der Waals surface area (Å²) < 4.78 is 0. The Bertz CT molecular complexity index is 1110. The van der Waals surface area contributed by atoms with Crippen LogP contribution in [0.2, 0.25) is 0 Å². The molecule has 0 aliphatic carbocycles. The summed E-state index contributed by atoms with van der Waals surface area (Å²) in [6.07, 6.45) is 1.65. The summed E-state index contributed by atoms with van der Waals surface area (Å²) in [7, 11) is 0. The number of carbonyl (C=O) groups is 2. The highest BCUT2D eigenvalue weighted by Crippen LogP contribution is 2.32. The Morgan fingerprint density at radius 3 is 2.38 bits per heavy atom. The first-order chi connectivity index (χ1) is 14.0. The van der Waals surface area contributed by atoms with Gasteiger partial charge in [0.05, 0.1) is 17.8 Å². The molecule has 29 heavy (non-hydrogen) atoms. The molecule has 1 aliphatic heterocycles. The van der Waals surface area contributed by atoms with Crippen LogP contribution in [-0.2, 0) is 16.1 Å². The highest BCUT2D eigenvalue weighted by atomic mass is 16.2. The van der Waals surface area contributed by atoms with Crippen molar-refractivity contribution in [3.8, 4) is 0 Å². The van der Waals surface area contributed by atoms with Gasteiger partial charge in [-0.1, -0.05) is 48.5 Å². The molecule has 0 radical (unpaired) electrons. The number of imide groups is 1. The quantitative estimate of drug-likeness (QED) is 0.674. The summed E-state index contributed by atoms with van der Waals surface area (Å²) in [5.41, 5.74) is 4.94. The fourth-order valence-corrected chi connectivity index (χ4v) is 3.37. The molecule has 0 bridgehead atoms. The van der Waals surface area contributed by atoms with Crippen LogP contribution < -0.4 is 5.32 Å². The van der Waals surface area contributed by atoms with Crippen molar-refractivity contribution in [1.29, 1.82) is 0 Å². The molecule has 0 saturated heterocycles. The van der Waals surface area contributed by atoms with Gasteiger partial charge in [-0.15, -0.1) is 0 Å². The Morgan fingerprint density at radius 1 is 0.897 bits per heavy atom. The van der Waals surface area contributed by atoms with E-state index >= 15 is 0 Å². The van der Waals surface area contributed by atoms with Gasteiger partial charge in [0.15, 0.2) is 0 Å². The zero-order chi connectivity index (χ0) is 20.4. The van der Waals surface area contributed by atoms with E-state index in [0.29, 0.717) is 22.5 Å². The van der Waals surface area contributed by atoms with Crippen molar-refractivity contribution in [3.63, 3.8) is 0 Å². The van der Waals surface area contributed by atoms with Crippen LogP contribution in [0, 0.1) is 13.8 Å². The van der Waals surface area contributed by atoms with Gasteiger partial charge >= 0.3 is 0 Å². The summed E-state index contributed by atoms with van der Waals surface area (Å²) >= 11 is 0. The Balaban J connectivity index is 1.76. The maximum Gasteiger partial charge on any atom is 0.278 e. The molecule has 3 aromatic rings. The third kappa shape index (κ3) is 3.67. The van der Waals surface area contributed by atoms with Crippen molar-refractivity contribution in [2.45, 2.75) is 20.4 Å². The zero-order valence-electron chi connectivity index (χ0n) is 16.3. The lowest BCUT2D eigenvalue weighted by atomic mass is 10.0. The van der Waals surface area contributed by atoms with Crippen LogP contribution in [0.5, 0.6) is 0 Å². The standard InChI is InChI=1S/C24H21N3O2/c1-16-11-12-17(2)20(14-16)26-22-21(18-8-4-3-5-9-18)23(28)27(24(22)29)15-19-10-6-7-13-25-19/h3-14,26H,15H2,1-2H3. The number of nitrogens with zero attached hydrogens (tertiary/aromatic N) is 2. The van der Waals surface area contributed by atoms with Crippen LogP contribution in [0.15, 0.2) is 78.6 Å². The number of nitrogens with one attached hydrogen (secondary N) is 1. The number of anilines is 1. The Hall–Kier alpha value is -3.73. The van der Waals surface area contributed by atoms with E-state index in [2.05, 4.69) is 10.3 Å². The smallest absolute Gasteiger partial charge is 0.278 e. The molecule has 5 heteroatoms. The van der Waals surface area contributed by atoms with Crippen molar-refractivity contribution in [3.05, 3.63) is 101 Å². The zero-order valence-corrected chi connectivity index (χ0v) is 16.3. The molecule has 4 rings (SSSR count). The second-order valence-corrected chi connectivity index (χ2v) is 7.08. The first-order valence-electron chi connectivity index (χ1n) is 9.44. The lowest BCUT2D eigenvalue weighted by Gasteiger charge is -2.15. The van der Waals surface area contributed by atoms with E-state index in [4.69, 9.17) is 0 Å². The van der Waals surface area contributed by atoms with Crippen LogP contribution in [-0.4, -0.2) is 21.7 Å².